The Morgan fingerprint density at radius 2 is 2.05 bits per heavy atom. The van der Waals surface area contributed by atoms with Crippen molar-refractivity contribution in [2.45, 2.75) is 45.1 Å². The number of fused-ring (bicyclic) bond motifs is 1. The van der Waals surface area contributed by atoms with Crippen LogP contribution in [0.2, 0.25) is 0 Å². The Hall–Kier alpha value is -4.30. The molecule has 1 aliphatic rings. The van der Waals surface area contributed by atoms with E-state index in [0.717, 1.165) is 11.8 Å². The average Bonchev–Trinajstić information content (AvgIpc) is 3.40. The first-order valence-electron chi connectivity index (χ1n) is 13.0. The van der Waals surface area contributed by atoms with Crippen molar-refractivity contribution in [1.82, 2.24) is 19.7 Å². The van der Waals surface area contributed by atoms with E-state index in [1.54, 1.807) is 4.90 Å². The van der Waals surface area contributed by atoms with Crippen LogP contribution in [0, 0.1) is 0 Å². The van der Waals surface area contributed by atoms with Crippen LogP contribution in [0.3, 0.4) is 0 Å². The average molecular weight is 585 g/mol. The number of carbonyl (C=O) groups is 3. The fourth-order valence-corrected chi connectivity index (χ4v) is 5.18. The zero-order valence-corrected chi connectivity index (χ0v) is 23.7. The SMILES string of the molecule is CC(C)(C)c1csc(NC(=O)c2ccn3c(=O)c(/C=C/C(=O)O)c(N4CCC[C@@H](OC(=O)NCCO)C4)nc3c2)n1. The van der Waals surface area contributed by atoms with Gasteiger partial charge in [-0.2, -0.15) is 0 Å². The molecule has 0 spiro atoms. The van der Waals surface area contributed by atoms with E-state index in [-0.39, 0.29) is 47.7 Å². The van der Waals surface area contributed by atoms with Gasteiger partial charge in [0.05, 0.1) is 24.4 Å². The van der Waals surface area contributed by atoms with Gasteiger partial charge in [-0.05, 0) is 31.1 Å². The zero-order chi connectivity index (χ0) is 29.7. The van der Waals surface area contributed by atoms with Crippen molar-refractivity contribution in [3.8, 4) is 0 Å². The van der Waals surface area contributed by atoms with Crippen LogP contribution in [0.1, 0.15) is 55.2 Å². The summed E-state index contributed by atoms with van der Waals surface area (Å²) in [6.45, 7) is 6.61. The second-order valence-corrected chi connectivity index (χ2v) is 11.3. The lowest BCUT2D eigenvalue weighted by Gasteiger charge is -2.33. The highest BCUT2D eigenvalue weighted by Gasteiger charge is 2.27. The number of nitrogens with zero attached hydrogens (tertiary/aromatic N) is 4. The van der Waals surface area contributed by atoms with Crippen LogP contribution >= 0.6 is 11.3 Å². The number of piperidine rings is 1. The maximum absolute atomic E-state index is 13.5. The molecule has 0 aromatic carbocycles. The number of aliphatic hydroxyl groups is 1. The minimum atomic E-state index is -1.23. The third kappa shape index (κ3) is 7.27. The first kappa shape index (κ1) is 29.7. The molecule has 0 radical (unpaired) electrons. The van der Waals surface area contributed by atoms with Crippen molar-refractivity contribution in [3.63, 3.8) is 0 Å². The maximum Gasteiger partial charge on any atom is 0.407 e. The van der Waals surface area contributed by atoms with Gasteiger partial charge in [0.25, 0.3) is 11.5 Å². The number of alkyl carbamates (subject to hydrolysis) is 1. The summed E-state index contributed by atoms with van der Waals surface area (Å²) >= 11 is 1.32. The summed E-state index contributed by atoms with van der Waals surface area (Å²) in [7, 11) is 0. The summed E-state index contributed by atoms with van der Waals surface area (Å²) in [6.07, 6.45) is 3.46. The maximum atomic E-state index is 13.5. The number of pyridine rings is 1. The number of aromatic nitrogens is 3. The van der Waals surface area contributed by atoms with Gasteiger partial charge >= 0.3 is 12.1 Å². The number of hydrogen-bond acceptors (Lipinski definition) is 10. The van der Waals surface area contributed by atoms with Crippen LogP contribution in [0.5, 0.6) is 0 Å². The van der Waals surface area contributed by atoms with Gasteiger partial charge in [0.15, 0.2) is 5.13 Å². The van der Waals surface area contributed by atoms with Gasteiger partial charge in [-0.15, -0.1) is 11.3 Å². The number of anilines is 2. The lowest BCUT2D eigenvalue weighted by atomic mass is 9.93. The molecule has 0 unspecified atom stereocenters. The quantitative estimate of drug-likeness (QED) is 0.288. The number of thiazole rings is 1. The number of ether oxygens (including phenoxy) is 1. The van der Waals surface area contributed by atoms with Gasteiger partial charge in [-0.25, -0.2) is 19.6 Å². The monoisotopic (exact) mass is 584 g/mol. The molecule has 1 aliphatic heterocycles. The molecule has 218 valence electrons. The number of carboxylic acids is 1. The van der Waals surface area contributed by atoms with Crippen molar-refractivity contribution in [3.05, 3.63) is 57.0 Å². The molecule has 4 rings (SSSR count). The van der Waals surface area contributed by atoms with E-state index in [9.17, 15) is 24.3 Å². The summed E-state index contributed by atoms with van der Waals surface area (Å²) in [5, 5.41) is 25.7. The lowest BCUT2D eigenvalue weighted by Crippen LogP contribution is -2.43. The largest absolute Gasteiger partial charge is 0.478 e. The number of aliphatic carboxylic acids is 1. The Bertz CT molecular complexity index is 1540. The number of carboxylic acid groups (broad SMARTS) is 1. The Kier molecular flexibility index (Phi) is 9.03. The van der Waals surface area contributed by atoms with Crippen LogP contribution in [0.4, 0.5) is 15.7 Å². The zero-order valence-electron chi connectivity index (χ0n) is 22.9. The molecule has 4 N–H and O–H groups in total. The minimum absolute atomic E-state index is 0.0463. The first-order valence-corrected chi connectivity index (χ1v) is 13.9. The summed E-state index contributed by atoms with van der Waals surface area (Å²) in [6, 6.07) is 2.95. The molecule has 1 saturated heterocycles. The molecule has 13 nitrogen and oxygen atoms in total. The van der Waals surface area contributed by atoms with E-state index in [0.29, 0.717) is 24.5 Å². The molecule has 3 aromatic heterocycles. The Labute approximate surface area is 239 Å². The molecule has 3 aromatic rings. The van der Waals surface area contributed by atoms with Crippen LogP contribution in [-0.2, 0) is 14.9 Å². The van der Waals surface area contributed by atoms with Gasteiger partial charge in [0, 0.05) is 41.7 Å². The molecular weight excluding hydrogens is 552 g/mol. The first-order chi connectivity index (χ1) is 19.5. The smallest absolute Gasteiger partial charge is 0.407 e. The Morgan fingerprint density at radius 3 is 2.73 bits per heavy atom. The van der Waals surface area contributed by atoms with Crippen LogP contribution in [-0.4, -0.2) is 74.9 Å². The number of hydrogen-bond donors (Lipinski definition) is 4. The molecule has 0 saturated carbocycles. The molecule has 14 heteroatoms. The van der Waals surface area contributed by atoms with Gasteiger partial charge < -0.3 is 25.2 Å². The highest BCUT2D eigenvalue weighted by atomic mass is 32.1. The number of amides is 2. The third-order valence-electron chi connectivity index (χ3n) is 6.33. The van der Waals surface area contributed by atoms with E-state index in [4.69, 9.17) is 9.84 Å². The van der Waals surface area contributed by atoms with Crippen molar-refractivity contribution in [2.75, 3.05) is 36.5 Å². The predicted molar refractivity (Wildman–Crippen MR) is 154 cm³/mol. The molecule has 4 heterocycles. The second kappa shape index (κ2) is 12.5. The van der Waals surface area contributed by atoms with Crippen LogP contribution < -0.4 is 21.1 Å². The van der Waals surface area contributed by atoms with Crippen molar-refractivity contribution < 1.29 is 29.3 Å². The molecule has 0 bridgehead atoms. The fraction of sp³-hybridized carbons (Fsp3) is 0.407. The molecule has 1 atom stereocenters. The van der Waals surface area contributed by atoms with Crippen molar-refractivity contribution >= 4 is 52.0 Å². The van der Waals surface area contributed by atoms with Gasteiger partial charge in [-0.3, -0.25) is 19.3 Å². The van der Waals surface area contributed by atoms with E-state index in [1.165, 1.54) is 40.1 Å². The van der Waals surface area contributed by atoms with Gasteiger partial charge in [0.1, 0.15) is 17.6 Å². The number of aliphatic hydroxyl groups excluding tert-OH is 1. The second-order valence-electron chi connectivity index (χ2n) is 10.5. The summed E-state index contributed by atoms with van der Waals surface area (Å²) < 4.78 is 6.69. The fourth-order valence-electron chi connectivity index (χ4n) is 4.25. The predicted octanol–water partition coefficient (Wildman–Crippen LogP) is 2.49. The molecule has 0 aliphatic carbocycles. The Morgan fingerprint density at radius 1 is 1.27 bits per heavy atom. The third-order valence-corrected chi connectivity index (χ3v) is 7.08. The van der Waals surface area contributed by atoms with Crippen LogP contribution in [0.15, 0.2) is 34.6 Å². The van der Waals surface area contributed by atoms with E-state index < -0.39 is 29.6 Å². The van der Waals surface area contributed by atoms with E-state index in [1.807, 2.05) is 26.2 Å². The van der Waals surface area contributed by atoms with E-state index in [2.05, 4.69) is 20.6 Å². The van der Waals surface area contributed by atoms with Gasteiger partial charge in [-0.1, -0.05) is 20.8 Å². The highest BCUT2D eigenvalue weighted by molar-refractivity contribution is 7.14. The van der Waals surface area contributed by atoms with Gasteiger partial charge in [0.2, 0.25) is 0 Å². The molecular formula is C27H32N6O7S. The summed E-state index contributed by atoms with van der Waals surface area (Å²) in [4.78, 5) is 60.7. The highest BCUT2D eigenvalue weighted by Crippen LogP contribution is 2.27. The molecule has 41 heavy (non-hydrogen) atoms. The van der Waals surface area contributed by atoms with Crippen molar-refractivity contribution in [1.29, 1.82) is 0 Å². The lowest BCUT2D eigenvalue weighted by molar-refractivity contribution is -0.131. The van der Waals surface area contributed by atoms with E-state index >= 15 is 0 Å². The molecule has 2 amide bonds. The number of carbonyl (C=O) groups excluding carboxylic acids is 2. The summed E-state index contributed by atoms with van der Waals surface area (Å²) in [5.41, 5.74) is 0.648. The Balaban J connectivity index is 1.66. The standard InChI is InChI=1S/C27H32N6O7S/c1-27(2,3)19-15-41-25(29-19)31-23(37)16-8-11-33-20(13-16)30-22(18(24(33)38)6-7-21(35)36)32-10-4-5-17(14-32)40-26(39)28-9-12-34/h6-8,11,13,15,17,34H,4-5,9-10,12,14H2,1-3H3,(H,28,39)(H,35,36)(H,29,31,37)/b7-6+/t17-/m1/s1. The minimum Gasteiger partial charge on any atom is -0.478 e. The normalized spacial score (nSPS) is 15.7. The number of nitrogens with one attached hydrogen (secondary N) is 2. The summed E-state index contributed by atoms with van der Waals surface area (Å²) in [5.74, 6) is -1.44. The topological polar surface area (TPSA) is 175 Å². The number of rotatable bonds is 8. The van der Waals surface area contributed by atoms with Crippen LogP contribution in [0.25, 0.3) is 11.7 Å². The van der Waals surface area contributed by atoms with Crippen molar-refractivity contribution in [2.24, 2.45) is 0 Å². The molecule has 1 fully saturated rings.